The normalized spacial score (nSPS) is 14.0. The predicted octanol–water partition coefficient (Wildman–Crippen LogP) is 3.22. The van der Waals surface area contributed by atoms with Gasteiger partial charge < -0.3 is 14.8 Å². The Kier molecular flexibility index (Phi) is 6.42. The highest BCUT2D eigenvalue weighted by Crippen LogP contribution is 2.23. The van der Waals surface area contributed by atoms with E-state index in [2.05, 4.69) is 5.32 Å². The molecule has 146 valence electrons. The van der Waals surface area contributed by atoms with E-state index in [0.29, 0.717) is 23.3 Å². The number of hydrogen-bond acceptors (Lipinski definition) is 5. The van der Waals surface area contributed by atoms with E-state index in [0.717, 1.165) is 12.8 Å². The van der Waals surface area contributed by atoms with Crippen molar-refractivity contribution in [3.8, 4) is 5.75 Å². The zero-order chi connectivity index (χ0) is 19.9. The molecule has 28 heavy (non-hydrogen) atoms. The molecule has 1 atom stereocenters. The van der Waals surface area contributed by atoms with Gasteiger partial charge in [-0.1, -0.05) is 37.3 Å². The second-order valence-corrected chi connectivity index (χ2v) is 6.65. The lowest BCUT2D eigenvalue weighted by Gasteiger charge is -2.18. The van der Waals surface area contributed by atoms with Gasteiger partial charge in [0.15, 0.2) is 12.4 Å². The van der Waals surface area contributed by atoms with Crippen LogP contribution in [-0.4, -0.2) is 30.3 Å². The summed E-state index contributed by atoms with van der Waals surface area (Å²) in [7, 11) is 0. The Hall–Kier alpha value is -3.15. The first-order chi connectivity index (χ1) is 13.6. The Balaban J connectivity index is 1.58. The molecule has 6 heteroatoms. The maximum absolute atomic E-state index is 12.5. The van der Waals surface area contributed by atoms with Crippen LogP contribution in [0.4, 0.5) is 0 Å². The van der Waals surface area contributed by atoms with Crippen molar-refractivity contribution in [1.82, 2.24) is 5.32 Å². The number of esters is 1. The Labute approximate surface area is 163 Å². The lowest BCUT2D eigenvalue weighted by atomic mass is 10.1. The van der Waals surface area contributed by atoms with Crippen molar-refractivity contribution in [2.24, 2.45) is 0 Å². The molecule has 3 rings (SSSR count). The predicted molar refractivity (Wildman–Crippen MR) is 103 cm³/mol. The maximum Gasteiger partial charge on any atom is 0.345 e. The maximum atomic E-state index is 12.5. The molecule has 1 saturated carbocycles. The third kappa shape index (κ3) is 5.42. The van der Waals surface area contributed by atoms with Gasteiger partial charge in [0.2, 0.25) is 6.10 Å². The van der Waals surface area contributed by atoms with Crippen LogP contribution in [0, 0.1) is 0 Å². The van der Waals surface area contributed by atoms with Gasteiger partial charge >= 0.3 is 5.97 Å². The van der Waals surface area contributed by atoms with E-state index in [-0.39, 0.29) is 24.3 Å². The lowest BCUT2D eigenvalue weighted by molar-refractivity contribution is -0.158. The van der Waals surface area contributed by atoms with Gasteiger partial charge in [0.05, 0.1) is 0 Å². The molecular weight excluding hydrogens is 358 g/mol. The monoisotopic (exact) mass is 381 g/mol. The summed E-state index contributed by atoms with van der Waals surface area (Å²) < 4.78 is 10.8. The number of nitrogens with one attached hydrogen (secondary N) is 1. The molecule has 0 spiro atoms. The first-order valence-electron chi connectivity index (χ1n) is 9.37. The summed E-state index contributed by atoms with van der Waals surface area (Å²) in [6, 6.07) is 15.6. The van der Waals surface area contributed by atoms with E-state index < -0.39 is 12.1 Å². The summed E-state index contributed by atoms with van der Waals surface area (Å²) in [4.78, 5) is 36.4. The molecular formula is C22H23NO5. The van der Waals surface area contributed by atoms with Crippen molar-refractivity contribution >= 4 is 17.7 Å². The minimum Gasteiger partial charge on any atom is -0.482 e. The molecule has 0 bridgehead atoms. The van der Waals surface area contributed by atoms with Crippen molar-refractivity contribution in [3.63, 3.8) is 0 Å². The van der Waals surface area contributed by atoms with Gasteiger partial charge in [0.1, 0.15) is 5.75 Å². The zero-order valence-corrected chi connectivity index (χ0v) is 15.7. The van der Waals surface area contributed by atoms with Crippen molar-refractivity contribution < 1.29 is 23.9 Å². The second kappa shape index (κ2) is 9.17. The van der Waals surface area contributed by atoms with Gasteiger partial charge in [0, 0.05) is 23.6 Å². The molecule has 2 aromatic carbocycles. The number of carbonyl (C=O) groups is 3. The van der Waals surface area contributed by atoms with Crippen LogP contribution in [0.15, 0.2) is 54.6 Å². The summed E-state index contributed by atoms with van der Waals surface area (Å²) in [6.07, 6.45) is 1.31. The van der Waals surface area contributed by atoms with Crippen LogP contribution in [0.2, 0.25) is 0 Å². The SMILES string of the molecule is CCC(=O)c1ccc(OCC(=O)O[C@@H](C(=O)NC2CC2)c2ccccc2)cc1. The Morgan fingerprint density at radius 1 is 1.04 bits per heavy atom. The highest BCUT2D eigenvalue weighted by Gasteiger charge is 2.30. The van der Waals surface area contributed by atoms with Crippen LogP contribution in [0.25, 0.3) is 0 Å². The van der Waals surface area contributed by atoms with Gasteiger partial charge in [-0.25, -0.2) is 4.79 Å². The van der Waals surface area contributed by atoms with Crippen LogP contribution in [0.3, 0.4) is 0 Å². The minimum absolute atomic E-state index is 0.0401. The third-order valence-corrected chi connectivity index (χ3v) is 4.37. The molecule has 0 aromatic heterocycles. The Morgan fingerprint density at radius 2 is 1.71 bits per heavy atom. The van der Waals surface area contributed by atoms with Crippen LogP contribution >= 0.6 is 0 Å². The van der Waals surface area contributed by atoms with Gasteiger partial charge in [-0.3, -0.25) is 9.59 Å². The fourth-order valence-corrected chi connectivity index (χ4v) is 2.65. The van der Waals surface area contributed by atoms with E-state index in [4.69, 9.17) is 9.47 Å². The second-order valence-electron chi connectivity index (χ2n) is 6.65. The van der Waals surface area contributed by atoms with Crippen LogP contribution in [-0.2, 0) is 14.3 Å². The van der Waals surface area contributed by atoms with E-state index in [1.165, 1.54) is 0 Å². The number of benzene rings is 2. The molecule has 6 nitrogen and oxygen atoms in total. The third-order valence-electron chi connectivity index (χ3n) is 4.37. The molecule has 1 aliphatic rings. The number of hydrogen-bond donors (Lipinski definition) is 1. The van der Waals surface area contributed by atoms with Gasteiger partial charge in [-0.05, 0) is 37.1 Å². The van der Waals surface area contributed by atoms with Crippen molar-refractivity contribution in [2.45, 2.75) is 38.3 Å². The first-order valence-corrected chi connectivity index (χ1v) is 9.37. The molecule has 2 aromatic rings. The Bertz CT molecular complexity index is 828. The molecule has 0 aliphatic heterocycles. The summed E-state index contributed by atoms with van der Waals surface area (Å²) in [5.41, 5.74) is 1.20. The van der Waals surface area contributed by atoms with Crippen LogP contribution in [0.5, 0.6) is 5.75 Å². The number of ether oxygens (including phenoxy) is 2. The highest BCUT2D eigenvalue weighted by molar-refractivity contribution is 5.95. The van der Waals surface area contributed by atoms with Crippen molar-refractivity contribution in [1.29, 1.82) is 0 Å². The molecule has 0 unspecified atom stereocenters. The first kappa shape index (κ1) is 19.6. The number of ketones is 1. The summed E-state index contributed by atoms with van der Waals surface area (Å²) in [5.74, 6) is -0.486. The highest BCUT2D eigenvalue weighted by atomic mass is 16.6. The number of amides is 1. The number of rotatable bonds is 9. The number of carbonyl (C=O) groups excluding carboxylic acids is 3. The summed E-state index contributed by atoms with van der Waals surface area (Å²) in [6.45, 7) is 1.46. The van der Waals surface area contributed by atoms with E-state index >= 15 is 0 Å². The fourth-order valence-electron chi connectivity index (χ4n) is 2.65. The molecule has 1 N–H and O–H groups in total. The average molecular weight is 381 g/mol. The van der Waals surface area contributed by atoms with Crippen molar-refractivity contribution in [2.75, 3.05) is 6.61 Å². The van der Waals surface area contributed by atoms with Crippen LogP contribution in [0.1, 0.15) is 48.2 Å². The van der Waals surface area contributed by atoms with E-state index in [1.807, 2.05) is 6.07 Å². The smallest absolute Gasteiger partial charge is 0.345 e. The molecule has 0 saturated heterocycles. The molecule has 0 radical (unpaired) electrons. The summed E-state index contributed by atoms with van der Waals surface area (Å²) >= 11 is 0. The number of Topliss-reactive ketones (excluding diaryl/α,β-unsaturated/α-hetero) is 1. The zero-order valence-electron chi connectivity index (χ0n) is 15.7. The molecule has 1 amide bonds. The van der Waals surface area contributed by atoms with Gasteiger partial charge in [0.25, 0.3) is 5.91 Å². The van der Waals surface area contributed by atoms with Gasteiger partial charge in [-0.2, -0.15) is 0 Å². The van der Waals surface area contributed by atoms with E-state index in [9.17, 15) is 14.4 Å². The molecule has 1 fully saturated rings. The quantitative estimate of drug-likeness (QED) is 0.533. The molecule has 0 heterocycles. The standard InChI is InChI=1S/C22H23NO5/c1-2-19(24)15-8-12-18(13-9-15)27-14-20(25)28-21(16-6-4-3-5-7-16)22(26)23-17-10-11-17/h3-9,12-13,17,21H,2,10-11,14H2,1H3,(H,23,26)/t21-/m1/s1. The van der Waals surface area contributed by atoms with Crippen LogP contribution < -0.4 is 10.1 Å². The lowest BCUT2D eigenvalue weighted by Crippen LogP contribution is -2.34. The minimum atomic E-state index is -1.01. The largest absolute Gasteiger partial charge is 0.482 e. The fraction of sp³-hybridized carbons (Fsp3) is 0.318. The topological polar surface area (TPSA) is 81.7 Å². The Morgan fingerprint density at radius 3 is 2.32 bits per heavy atom. The molecule has 1 aliphatic carbocycles. The van der Waals surface area contributed by atoms with E-state index in [1.54, 1.807) is 55.5 Å². The summed E-state index contributed by atoms with van der Waals surface area (Å²) in [5, 5.41) is 2.87. The van der Waals surface area contributed by atoms with Gasteiger partial charge in [-0.15, -0.1) is 0 Å². The van der Waals surface area contributed by atoms with Crippen molar-refractivity contribution in [3.05, 3.63) is 65.7 Å². The average Bonchev–Trinajstić information content (AvgIpc) is 3.54.